The molecule has 25 heavy (non-hydrogen) atoms. The third-order valence-corrected chi connectivity index (χ3v) is 4.57. The Hall–Kier alpha value is -2.95. The summed E-state index contributed by atoms with van der Waals surface area (Å²) >= 11 is 0. The van der Waals surface area contributed by atoms with E-state index in [9.17, 15) is 0 Å². The first-order valence-corrected chi connectivity index (χ1v) is 8.75. The van der Waals surface area contributed by atoms with E-state index in [1.165, 1.54) is 24.9 Å². The maximum absolute atomic E-state index is 4.31. The Morgan fingerprint density at radius 3 is 2.60 bits per heavy atom. The molecule has 0 bridgehead atoms. The molecular formula is C20H21N5. The number of hydrazone groups is 1. The third-order valence-electron chi connectivity index (χ3n) is 4.57. The number of anilines is 2. The third kappa shape index (κ3) is 3.60. The van der Waals surface area contributed by atoms with Gasteiger partial charge in [0.25, 0.3) is 0 Å². The van der Waals surface area contributed by atoms with Gasteiger partial charge in [0.1, 0.15) is 0 Å². The molecule has 0 atom stereocenters. The molecule has 5 heteroatoms. The predicted molar refractivity (Wildman–Crippen MR) is 103 cm³/mol. The lowest BCUT2D eigenvalue weighted by atomic mass is 10.1. The summed E-state index contributed by atoms with van der Waals surface area (Å²) in [5.41, 5.74) is 5.35. The topological polar surface area (TPSA) is 53.4 Å². The minimum atomic E-state index is 0.666. The molecule has 1 fully saturated rings. The number of hydrogen-bond acceptors (Lipinski definition) is 5. The zero-order valence-electron chi connectivity index (χ0n) is 14.1. The Balaban J connectivity index is 1.44. The van der Waals surface area contributed by atoms with Gasteiger partial charge in [0.2, 0.25) is 0 Å². The smallest absolute Gasteiger partial charge is 0.176 e. The number of fused-ring (bicyclic) bond motifs is 1. The van der Waals surface area contributed by atoms with Crippen molar-refractivity contribution < 1.29 is 0 Å². The molecule has 3 aromatic rings. The average molecular weight is 331 g/mol. The van der Waals surface area contributed by atoms with E-state index in [1.54, 1.807) is 6.20 Å². The normalized spacial score (nSPS) is 15.0. The first kappa shape index (κ1) is 15.6. The molecule has 0 aliphatic carbocycles. The highest BCUT2D eigenvalue weighted by Crippen LogP contribution is 2.20. The van der Waals surface area contributed by atoms with Crippen molar-refractivity contribution in [2.75, 3.05) is 23.4 Å². The lowest BCUT2D eigenvalue weighted by molar-refractivity contribution is 0.578. The maximum atomic E-state index is 4.31. The molecule has 1 saturated heterocycles. The molecule has 0 spiro atoms. The summed E-state index contributed by atoms with van der Waals surface area (Å²) in [6.45, 7) is 2.32. The molecule has 1 aromatic heterocycles. The zero-order valence-corrected chi connectivity index (χ0v) is 14.1. The number of benzene rings is 2. The van der Waals surface area contributed by atoms with Crippen LogP contribution in [0.4, 0.5) is 11.5 Å². The minimum Gasteiger partial charge on any atom is -0.372 e. The van der Waals surface area contributed by atoms with Crippen molar-refractivity contribution in [1.29, 1.82) is 0 Å². The summed E-state index contributed by atoms with van der Waals surface area (Å²) in [5.74, 6) is 0.666. The van der Waals surface area contributed by atoms with E-state index in [1.807, 2.05) is 30.5 Å². The summed E-state index contributed by atoms with van der Waals surface area (Å²) in [6.07, 6.45) is 7.50. The summed E-state index contributed by atoms with van der Waals surface area (Å²) in [5, 5.41) is 14.5. The molecule has 1 aliphatic heterocycles. The van der Waals surface area contributed by atoms with Gasteiger partial charge in [-0.3, -0.25) is 5.43 Å². The molecule has 0 unspecified atom stereocenters. The molecule has 0 radical (unpaired) electrons. The quantitative estimate of drug-likeness (QED) is 0.578. The highest BCUT2D eigenvalue weighted by Gasteiger charge is 2.10. The molecule has 1 aliphatic rings. The number of piperidine rings is 1. The molecule has 2 aromatic carbocycles. The van der Waals surface area contributed by atoms with Crippen molar-refractivity contribution in [2.45, 2.75) is 19.3 Å². The van der Waals surface area contributed by atoms with E-state index in [4.69, 9.17) is 0 Å². The highest BCUT2D eigenvalue weighted by molar-refractivity contribution is 5.91. The number of nitrogens with zero attached hydrogens (tertiary/aromatic N) is 4. The monoisotopic (exact) mass is 331 g/mol. The maximum Gasteiger partial charge on any atom is 0.176 e. The largest absolute Gasteiger partial charge is 0.372 e. The van der Waals surface area contributed by atoms with Gasteiger partial charge < -0.3 is 4.90 Å². The van der Waals surface area contributed by atoms with Crippen LogP contribution in [0.15, 0.2) is 59.8 Å². The number of aromatic nitrogens is 2. The Bertz CT molecular complexity index is 861. The van der Waals surface area contributed by atoms with Crippen LogP contribution in [0, 0.1) is 0 Å². The van der Waals surface area contributed by atoms with Crippen LogP contribution in [0.1, 0.15) is 24.8 Å². The Morgan fingerprint density at radius 2 is 1.76 bits per heavy atom. The van der Waals surface area contributed by atoms with E-state index in [2.05, 4.69) is 49.9 Å². The van der Waals surface area contributed by atoms with Crippen LogP contribution in [-0.2, 0) is 0 Å². The zero-order chi connectivity index (χ0) is 16.9. The number of nitrogens with one attached hydrogen (secondary N) is 1. The van der Waals surface area contributed by atoms with Crippen LogP contribution in [-0.4, -0.2) is 29.5 Å². The highest BCUT2D eigenvalue weighted by atomic mass is 15.3. The minimum absolute atomic E-state index is 0.666. The summed E-state index contributed by atoms with van der Waals surface area (Å²) in [7, 11) is 0. The van der Waals surface area contributed by atoms with Gasteiger partial charge in [0, 0.05) is 29.5 Å². The standard InChI is InChI=1S/C20H21N5/c1-4-12-25(13-5-1)18-10-8-16(9-11-18)14-21-23-20-19-7-3-2-6-17(19)15-22-24-20/h2-3,6-11,14-15H,1,4-5,12-13H2,(H,23,24)/b21-14-. The molecular weight excluding hydrogens is 310 g/mol. The van der Waals surface area contributed by atoms with Gasteiger partial charge in [0.15, 0.2) is 5.82 Å². The Morgan fingerprint density at radius 1 is 0.960 bits per heavy atom. The van der Waals surface area contributed by atoms with E-state index in [0.29, 0.717) is 5.82 Å². The fraction of sp³-hybridized carbons (Fsp3) is 0.250. The number of rotatable bonds is 4. The van der Waals surface area contributed by atoms with Crippen LogP contribution in [0.5, 0.6) is 0 Å². The van der Waals surface area contributed by atoms with Gasteiger partial charge in [-0.15, -0.1) is 5.10 Å². The first-order chi connectivity index (χ1) is 12.4. The Kier molecular flexibility index (Phi) is 4.55. The van der Waals surface area contributed by atoms with E-state index in [0.717, 1.165) is 29.4 Å². The average Bonchev–Trinajstić information content (AvgIpc) is 2.69. The van der Waals surface area contributed by atoms with Gasteiger partial charge in [0.05, 0.1) is 12.4 Å². The molecule has 4 rings (SSSR count). The lowest BCUT2D eigenvalue weighted by Crippen LogP contribution is -2.29. The fourth-order valence-electron chi connectivity index (χ4n) is 3.20. The molecule has 2 heterocycles. The molecule has 0 saturated carbocycles. The van der Waals surface area contributed by atoms with Crippen molar-refractivity contribution in [3.63, 3.8) is 0 Å². The predicted octanol–water partition coefficient (Wildman–Crippen LogP) is 4.07. The fourth-order valence-corrected chi connectivity index (χ4v) is 3.20. The van der Waals surface area contributed by atoms with Gasteiger partial charge in [-0.2, -0.15) is 10.2 Å². The number of hydrogen-bond donors (Lipinski definition) is 1. The Labute approximate surface area is 147 Å². The van der Waals surface area contributed by atoms with Crippen LogP contribution >= 0.6 is 0 Å². The van der Waals surface area contributed by atoms with E-state index in [-0.39, 0.29) is 0 Å². The van der Waals surface area contributed by atoms with Gasteiger partial charge in [-0.1, -0.05) is 36.4 Å². The van der Waals surface area contributed by atoms with Gasteiger partial charge in [-0.25, -0.2) is 0 Å². The van der Waals surface area contributed by atoms with Crippen LogP contribution in [0.2, 0.25) is 0 Å². The van der Waals surface area contributed by atoms with E-state index < -0.39 is 0 Å². The van der Waals surface area contributed by atoms with Crippen LogP contribution < -0.4 is 10.3 Å². The molecule has 126 valence electrons. The second-order valence-corrected chi connectivity index (χ2v) is 6.29. The van der Waals surface area contributed by atoms with Crippen LogP contribution in [0.25, 0.3) is 10.8 Å². The first-order valence-electron chi connectivity index (χ1n) is 8.75. The molecule has 0 amide bonds. The SMILES string of the molecule is C(=N/Nc1nncc2ccccc12)/c1ccc(N2CCCCC2)cc1. The molecule has 1 N–H and O–H groups in total. The van der Waals surface area contributed by atoms with Crippen molar-refractivity contribution in [1.82, 2.24) is 10.2 Å². The lowest BCUT2D eigenvalue weighted by Gasteiger charge is -2.28. The van der Waals surface area contributed by atoms with Gasteiger partial charge >= 0.3 is 0 Å². The second-order valence-electron chi connectivity index (χ2n) is 6.29. The summed E-state index contributed by atoms with van der Waals surface area (Å²) in [6, 6.07) is 16.5. The van der Waals surface area contributed by atoms with E-state index >= 15 is 0 Å². The van der Waals surface area contributed by atoms with Crippen molar-refractivity contribution in [3.05, 3.63) is 60.3 Å². The van der Waals surface area contributed by atoms with Crippen molar-refractivity contribution in [2.24, 2.45) is 5.10 Å². The van der Waals surface area contributed by atoms with Crippen molar-refractivity contribution in [3.8, 4) is 0 Å². The summed E-state index contributed by atoms with van der Waals surface area (Å²) in [4.78, 5) is 2.45. The molecule has 5 nitrogen and oxygen atoms in total. The van der Waals surface area contributed by atoms with Crippen LogP contribution in [0.3, 0.4) is 0 Å². The van der Waals surface area contributed by atoms with Crippen molar-refractivity contribution >= 4 is 28.5 Å². The summed E-state index contributed by atoms with van der Waals surface area (Å²) < 4.78 is 0. The van der Waals surface area contributed by atoms with Gasteiger partial charge in [-0.05, 0) is 37.0 Å². The second kappa shape index (κ2) is 7.30.